The SMILES string of the molecule is CCC1CCCN(C(=O)CC2CSCCN2)CC1. The monoisotopic (exact) mass is 270 g/mol. The number of nitrogens with one attached hydrogen (secondary N) is 1. The maximum Gasteiger partial charge on any atom is 0.224 e. The molecule has 2 aliphatic heterocycles. The first-order valence-corrected chi connectivity index (χ1v) is 8.54. The van der Waals surface area contributed by atoms with Crippen LogP contribution in [0.5, 0.6) is 0 Å². The fourth-order valence-electron chi connectivity index (χ4n) is 2.91. The summed E-state index contributed by atoms with van der Waals surface area (Å²) in [5.41, 5.74) is 0. The molecule has 1 amide bonds. The van der Waals surface area contributed by atoms with Crippen molar-refractivity contribution in [3.8, 4) is 0 Å². The zero-order valence-electron chi connectivity index (χ0n) is 11.5. The highest BCUT2D eigenvalue weighted by Gasteiger charge is 2.23. The third-order valence-corrected chi connectivity index (χ3v) is 5.33. The number of thioether (sulfide) groups is 1. The van der Waals surface area contributed by atoms with Gasteiger partial charge in [0.1, 0.15) is 0 Å². The molecule has 0 aliphatic carbocycles. The lowest BCUT2D eigenvalue weighted by Gasteiger charge is -2.26. The Kier molecular flexibility index (Phi) is 5.83. The van der Waals surface area contributed by atoms with Crippen LogP contribution in [0.4, 0.5) is 0 Å². The fraction of sp³-hybridized carbons (Fsp3) is 0.929. The van der Waals surface area contributed by atoms with Gasteiger partial charge in [-0.15, -0.1) is 0 Å². The zero-order valence-corrected chi connectivity index (χ0v) is 12.3. The number of carbonyl (C=O) groups excluding carboxylic acids is 1. The first-order chi connectivity index (χ1) is 8.79. The molecule has 0 radical (unpaired) electrons. The van der Waals surface area contributed by atoms with Crippen molar-refractivity contribution in [2.45, 2.75) is 45.1 Å². The maximum atomic E-state index is 12.3. The van der Waals surface area contributed by atoms with Crippen LogP contribution in [0.3, 0.4) is 0 Å². The second-order valence-electron chi connectivity index (χ2n) is 5.52. The van der Waals surface area contributed by atoms with Gasteiger partial charge in [0.15, 0.2) is 0 Å². The molecule has 18 heavy (non-hydrogen) atoms. The molecule has 2 heterocycles. The molecule has 0 aromatic rings. The van der Waals surface area contributed by atoms with Gasteiger partial charge in [-0.1, -0.05) is 13.3 Å². The van der Waals surface area contributed by atoms with Crippen LogP contribution in [0, 0.1) is 5.92 Å². The standard InChI is InChI=1S/C14H26N2OS/c1-2-12-4-3-7-16(8-5-12)14(17)10-13-11-18-9-6-15-13/h12-13,15H,2-11H2,1H3. The Morgan fingerprint density at radius 1 is 1.39 bits per heavy atom. The summed E-state index contributed by atoms with van der Waals surface area (Å²) in [4.78, 5) is 14.4. The normalized spacial score (nSPS) is 29.9. The van der Waals surface area contributed by atoms with Crippen LogP contribution in [0.25, 0.3) is 0 Å². The molecule has 2 atom stereocenters. The predicted octanol–water partition coefficient (Wildman–Crippen LogP) is 2.12. The van der Waals surface area contributed by atoms with Crippen LogP contribution in [0.1, 0.15) is 39.0 Å². The third-order valence-electron chi connectivity index (χ3n) is 4.20. The minimum absolute atomic E-state index is 0.367. The van der Waals surface area contributed by atoms with Crippen molar-refractivity contribution in [3.63, 3.8) is 0 Å². The summed E-state index contributed by atoms with van der Waals surface area (Å²) in [7, 11) is 0. The van der Waals surface area contributed by atoms with E-state index in [0.717, 1.165) is 31.3 Å². The quantitative estimate of drug-likeness (QED) is 0.852. The highest BCUT2D eigenvalue weighted by Crippen LogP contribution is 2.21. The highest BCUT2D eigenvalue weighted by atomic mass is 32.2. The van der Waals surface area contributed by atoms with Gasteiger partial charge in [0, 0.05) is 43.6 Å². The number of amides is 1. The average molecular weight is 270 g/mol. The van der Waals surface area contributed by atoms with Crippen molar-refractivity contribution in [3.05, 3.63) is 0 Å². The van der Waals surface area contributed by atoms with E-state index in [0.29, 0.717) is 18.4 Å². The first-order valence-electron chi connectivity index (χ1n) is 7.38. The largest absolute Gasteiger partial charge is 0.343 e. The molecule has 2 aliphatic rings. The smallest absolute Gasteiger partial charge is 0.224 e. The van der Waals surface area contributed by atoms with Crippen LogP contribution >= 0.6 is 11.8 Å². The van der Waals surface area contributed by atoms with E-state index in [4.69, 9.17) is 0 Å². The van der Waals surface area contributed by atoms with E-state index in [1.54, 1.807) is 0 Å². The molecule has 2 fully saturated rings. The third kappa shape index (κ3) is 4.16. The fourth-order valence-corrected chi connectivity index (χ4v) is 3.86. The number of likely N-dealkylation sites (tertiary alicyclic amines) is 1. The lowest BCUT2D eigenvalue weighted by atomic mass is 9.98. The van der Waals surface area contributed by atoms with E-state index in [2.05, 4.69) is 17.1 Å². The van der Waals surface area contributed by atoms with E-state index >= 15 is 0 Å². The molecular formula is C14H26N2OS. The summed E-state index contributed by atoms with van der Waals surface area (Å²) >= 11 is 1.97. The molecule has 0 aromatic carbocycles. The first kappa shape index (κ1) is 14.2. The van der Waals surface area contributed by atoms with Crippen LogP contribution < -0.4 is 5.32 Å². The van der Waals surface area contributed by atoms with Crippen molar-refractivity contribution < 1.29 is 4.79 Å². The van der Waals surface area contributed by atoms with E-state index in [1.165, 1.54) is 31.4 Å². The van der Waals surface area contributed by atoms with Gasteiger partial charge < -0.3 is 10.2 Å². The minimum atomic E-state index is 0.367. The Morgan fingerprint density at radius 2 is 2.28 bits per heavy atom. The Bertz CT molecular complexity index is 267. The molecule has 104 valence electrons. The van der Waals surface area contributed by atoms with Crippen LogP contribution in [0.15, 0.2) is 0 Å². The second kappa shape index (κ2) is 7.39. The molecule has 1 N–H and O–H groups in total. The summed E-state index contributed by atoms with van der Waals surface area (Å²) in [6.07, 6.45) is 5.66. The van der Waals surface area contributed by atoms with Gasteiger partial charge in [0.25, 0.3) is 0 Å². The van der Waals surface area contributed by atoms with Gasteiger partial charge in [-0.2, -0.15) is 11.8 Å². The zero-order chi connectivity index (χ0) is 12.8. The van der Waals surface area contributed by atoms with Gasteiger partial charge >= 0.3 is 0 Å². The molecule has 0 aromatic heterocycles. The number of hydrogen-bond donors (Lipinski definition) is 1. The number of rotatable bonds is 3. The van der Waals surface area contributed by atoms with E-state index < -0.39 is 0 Å². The van der Waals surface area contributed by atoms with Crippen LogP contribution in [-0.4, -0.2) is 48.0 Å². The molecule has 3 nitrogen and oxygen atoms in total. The van der Waals surface area contributed by atoms with Crippen molar-refractivity contribution in [2.75, 3.05) is 31.1 Å². The minimum Gasteiger partial charge on any atom is -0.343 e. The van der Waals surface area contributed by atoms with Gasteiger partial charge in [-0.05, 0) is 25.2 Å². The lowest BCUT2D eigenvalue weighted by molar-refractivity contribution is -0.131. The average Bonchev–Trinajstić information content (AvgIpc) is 2.65. The van der Waals surface area contributed by atoms with E-state index in [1.807, 2.05) is 11.8 Å². The summed E-state index contributed by atoms with van der Waals surface area (Å²) in [5.74, 6) is 3.49. The molecule has 2 rings (SSSR count). The molecule has 0 spiro atoms. The van der Waals surface area contributed by atoms with Crippen molar-refractivity contribution in [1.82, 2.24) is 10.2 Å². The molecular weight excluding hydrogens is 244 g/mol. The maximum absolute atomic E-state index is 12.3. The number of carbonyl (C=O) groups is 1. The van der Waals surface area contributed by atoms with Crippen LogP contribution in [-0.2, 0) is 4.79 Å². The second-order valence-corrected chi connectivity index (χ2v) is 6.67. The summed E-state index contributed by atoms with van der Waals surface area (Å²) in [6.45, 7) is 5.29. The Labute approximate surface area is 115 Å². The molecule has 2 unspecified atom stereocenters. The number of nitrogens with zero attached hydrogens (tertiary/aromatic N) is 1. The van der Waals surface area contributed by atoms with Gasteiger partial charge in [0.2, 0.25) is 5.91 Å². The Morgan fingerprint density at radius 3 is 3.00 bits per heavy atom. The van der Waals surface area contributed by atoms with Gasteiger partial charge in [0.05, 0.1) is 0 Å². The van der Waals surface area contributed by atoms with Crippen molar-refractivity contribution in [1.29, 1.82) is 0 Å². The topological polar surface area (TPSA) is 32.3 Å². The summed E-state index contributed by atoms with van der Waals surface area (Å²) in [6, 6.07) is 0.404. The summed E-state index contributed by atoms with van der Waals surface area (Å²) < 4.78 is 0. The molecule has 4 heteroatoms. The van der Waals surface area contributed by atoms with E-state index in [9.17, 15) is 4.79 Å². The van der Waals surface area contributed by atoms with Crippen molar-refractivity contribution in [2.24, 2.45) is 5.92 Å². The van der Waals surface area contributed by atoms with Gasteiger partial charge in [-0.25, -0.2) is 0 Å². The summed E-state index contributed by atoms with van der Waals surface area (Å²) in [5, 5.41) is 3.46. The lowest BCUT2D eigenvalue weighted by Crippen LogP contribution is -2.42. The highest BCUT2D eigenvalue weighted by molar-refractivity contribution is 7.99. The molecule has 2 saturated heterocycles. The Balaban J connectivity index is 1.77. The van der Waals surface area contributed by atoms with Gasteiger partial charge in [-0.3, -0.25) is 4.79 Å². The van der Waals surface area contributed by atoms with Crippen molar-refractivity contribution >= 4 is 17.7 Å². The number of hydrogen-bond acceptors (Lipinski definition) is 3. The molecule has 0 bridgehead atoms. The Hall–Kier alpha value is -0.220. The molecule has 0 saturated carbocycles. The predicted molar refractivity (Wildman–Crippen MR) is 77.9 cm³/mol. The van der Waals surface area contributed by atoms with E-state index in [-0.39, 0.29) is 0 Å². The van der Waals surface area contributed by atoms with Crippen LogP contribution in [0.2, 0.25) is 0 Å².